The molecule has 3 nitrogen and oxygen atoms in total. The van der Waals surface area contributed by atoms with Crippen LogP contribution >= 0.6 is 23.4 Å². The molecule has 13 heavy (non-hydrogen) atoms. The van der Waals surface area contributed by atoms with Gasteiger partial charge in [-0.2, -0.15) is 0 Å². The van der Waals surface area contributed by atoms with Gasteiger partial charge >= 0.3 is 0 Å². The molecule has 2 rings (SSSR count). The number of rotatable bonds is 0. The molecule has 0 aromatic heterocycles. The number of nitrogens with two attached hydrogens (primary N) is 1. The minimum Gasteiger partial charge on any atom is -0.311 e. The lowest BCUT2D eigenvalue weighted by atomic mass is 10.3. The molecule has 0 spiro atoms. The van der Waals surface area contributed by atoms with Gasteiger partial charge in [0.1, 0.15) is 5.84 Å². The molecule has 0 saturated heterocycles. The monoisotopic (exact) mass is 213 g/mol. The summed E-state index contributed by atoms with van der Waals surface area (Å²) in [6.45, 7) is 0. The van der Waals surface area contributed by atoms with Crippen molar-refractivity contribution in [1.82, 2.24) is 5.43 Å². The lowest BCUT2D eigenvalue weighted by Gasteiger charge is -2.14. The van der Waals surface area contributed by atoms with E-state index in [1.165, 1.54) is 0 Å². The van der Waals surface area contributed by atoms with E-state index in [0.717, 1.165) is 22.2 Å². The average Bonchev–Trinajstić information content (AvgIpc) is 2.16. The molecular formula is C8H8ClN3S. The number of thioether (sulfide) groups is 1. The molecule has 1 heterocycles. The molecule has 0 radical (unpaired) electrons. The van der Waals surface area contributed by atoms with Crippen molar-refractivity contribution in [3.05, 3.63) is 23.2 Å². The van der Waals surface area contributed by atoms with E-state index < -0.39 is 0 Å². The SMILES string of the molecule is NNC1=Nc2cc(Cl)ccc2SC1. The third-order valence-electron chi connectivity index (χ3n) is 1.71. The van der Waals surface area contributed by atoms with Crippen LogP contribution in [0.3, 0.4) is 0 Å². The summed E-state index contributed by atoms with van der Waals surface area (Å²) in [6, 6.07) is 5.67. The Bertz CT molecular complexity index is 364. The zero-order valence-corrected chi connectivity index (χ0v) is 8.32. The summed E-state index contributed by atoms with van der Waals surface area (Å²) in [6.07, 6.45) is 0. The molecule has 0 unspecified atom stereocenters. The predicted molar refractivity (Wildman–Crippen MR) is 56.6 cm³/mol. The van der Waals surface area contributed by atoms with Crippen molar-refractivity contribution in [3.8, 4) is 0 Å². The normalized spacial score (nSPS) is 14.8. The number of fused-ring (bicyclic) bond motifs is 1. The fraction of sp³-hybridized carbons (Fsp3) is 0.125. The molecule has 3 N–H and O–H groups in total. The highest BCUT2D eigenvalue weighted by Crippen LogP contribution is 2.35. The van der Waals surface area contributed by atoms with Crippen molar-refractivity contribution < 1.29 is 0 Å². The van der Waals surface area contributed by atoms with Gasteiger partial charge < -0.3 is 5.43 Å². The van der Waals surface area contributed by atoms with Crippen molar-refractivity contribution in [2.45, 2.75) is 4.90 Å². The number of nitrogens with zero attached hydrogens (tertiary/aromatic N) is 1. The first-order valence-electron chi connectivity index (χ1n) is 3.76. The average molecular weight is 214 g/mol. The third kappa shape index (κ3) is 1.80. The van der Waals surface area contributed by atoms with E-state index in [9.17, 15) is 0 Å². The van der Waals surface area contributed by atoms with Crippen molar-refractivity contribution in [1.29, 1.82) is 0 Å². The Balaban J connectivity index is 2.44. The Morgan fingerprint density at radius 2 is 2.38 bits per heavy atom. The maximum atomic E-state index is 5.84. The summed E-state index contributed by atoms with van der Waals surface area (Å²) in [4.78, 5) is 5.44. The zero-order chi connectivity index (χ0) is 9.26. The van der Waals surface area contributed by atoms with Gasteiger partial charge in [0.25, 0.3) is 0 Å². The maximum absolute atomic E-state index is 5.84. The second-order valence-corrected chi connectivity index (χ2v) is 4.06. The fourth-order valence-corrected chi connectivity index (χ4v) is 2.12. The van der Waals surface area contributed by atoms with Gasteiger partial charge in [-0.25, -0.2) is 10.8 Å². The summed E-state index contributed by atoms with van der Waals surface area (Å²) in [7, 11) is 0. The van der Waals surface area contributed by atoms with Crippen molar-refractivity contribution in [2.75, 3.05) is 5.75 Å². The largest absolute Gasteiger partial charge is 0.311 e. The van der Waals surface area contributed by atoms with E-state index in [0.29, 0.717) is 5.02 Å². The molecule has 1 aliphatic heterocycles. The molecule has 0 saturated carbocycles. The molecule has 0 bridgehead atoms. The summed E-state index contributed by atoms with van der Waals surface area (Å²) < 4.78 is 0. The lowest BCUT2D eigenvalue weighted by molar-refractivity contribution is 1.01. The molecular weight excluding hydrogens is 206 g/mol. The van der Waals surface area contributed by atoms with Crippen LogP contribution in [0.15, 0.2) is 28.1 Å². The minimum absolute atomic E-state index is 0.696. The highest BCUT2D eigenvalue weighted by atomic mass is 35.5. The Kier molecular flexibility index (Phi) is 2.44. The second kappa shape index (κ2) is 3.57. The lowest BCUT2D eigenvalue weighted by Crippen LogP contribution is -2.32. The standard InChI is InChI=1S/C8H8ClN3S/c9-5-1-2-7-6(3-5)11-8(12-10)4-13-7/h1-3H,4,10H2,(H,11,12). The quantitative estimate of drug-likeness (QED) is 0.512. The smallest absolute Gasteiger partial charge is 0.127 e. The van der Waals surface area contributed by atoms with E-state index in [-0.39, 0.29) is 0 Å². The number of halogens is 1. The van der Waals surface area contributed by atoms with Gasteiger partial charge in [-0.3, -0.25) is 0 Å². The van der Waals surface area contributed by atoms with Crippen LogP contribution in [-0.2, 0) is 0 Å². The van der Waals surface area contributed by atoms with Crippen molar-refractivity contribution >= 4 is 34.9 Å². The molecule has 5 heteroatoms. The number of hydrogen-bond acceptors (Lipinski definition) is 4. The summed E-state index contributed by atoms with van der Waals surface area (Å²) in [5.41, 5.74) is 3.44. The zero-order valence-electron chi connectivity index (χ0n) is 6.75. The number of aliphatic imine (C=N–C) groups is 1. The molecule has 0 aliphatic carbocycles. The Morgan fingerprint density at radius 1 is 1.54 bits per heavy atom. The van der Waals surface area contributed by atoms with Gasteiger partial charge in [-0.15, -0.1) is 11.8 Å². The number of hydrazine groups is 1. The first-order valence-corrected chi connectivity index (χ1v) is 5.12. The van der Waals surface area contributed by atoms with Gasteiger partial charge in [0.05, 0.1) is 11.4 Å². The van der Waals surface area contributed by atoms with Crippen LogP contribution in [0, 0.1) is 0 Å². The number of hydrogen-bond donors (Lipinski definition) is 2. The number of benzene rings is 1. The van der Waals surface area contributed by atoms with Crippen LogP contribution in [0.1, 0.15) is 0 Å². The first-order chi connectivity index (χ1) is 6.29. The molecule has 1 aliphatic rings. The topological polar surface area (TPSA) is 50.4 Å². The molecule has 1 aromatic rings. The Labute approximate surface area is 85.3 Å². The van der Waals surface area contributed by atoms with Gasteiger partial charge in [0.15, 0.2) is 0 Å². The first kappa shape index (κ1) is 8.87. The minimum atomic E-state index is 0.696. The third-order valence-corrected chi connectivity index (χ3v) is 3.02. The second-order valence-electron chi connectivity index (χ2n) is 2.60. The van der Waals surface area contributed by atoms with Crippen molar-refractivity contribution in [2.24, 2.45) is 10.8 Å². The van der Waals surface area contributed by atoms with E-state index in [2.05, 4.69) is 10.4 Å². The molecule has 0 amide bonds. The van der Waals surface area contributed by atoms with Gasteiger partial charge in [-0.1, -0.05) is 11.6 Å². The van der Waals surface area contributed by atoms with Crippen LogP contribution in [0.2, 0.25) is 5.02 Å². The molecule has 0 fully saturated rings. The highest BCUT2D eigenvalue weighted by molar-refractivity contribution is 8.00. The highest BCUT2D eigenvalue weighted by Gasteiger charge is 2.11. The van der Waals surface area contributed by atoms with Crippen molar-refractivity contribution in [3.63, 3.8) is 0 Å². The maximum Gasteiger partial charge on any atom is 0.127 e. The summed E-state index contributed by atoms with van der Waals surface area (Å²) in [5, 5.41) is 0.696. The van der Waals surface area contributed by atoms with Crippen LogP contribution in [-0.4, -0.2) is 11.6 Å². The van der Waals surface area contributed by atoms with Crippen LogP contribution in [0.25, 0.3) is 0 Å². The number of nitrogens with one attached hydrogen (secondary N) is 1. The van der Waals surface area contributed by atoms with E-state index in [4.69, 9.17) is 17.4 Å². The van der Waals surface area contributed by atoms with Gasteiger partial charge in [-0.05, 0) is 18.2 Å². The Morgan fingerprint density at radius 3 is 3.15 bits per heavy atom. The van der Waals surface area contributed by atoms with E-state index >= 15 is 0 Å². The summed E-state index contributed by atoms with van der Waals surface area (Å²) in [5.74, 6) is 6.83. The molecule has 68 valence electrons. The van der Waals surface area contributed by atoms with Gasteiger partial charge in [0.2, 0.25) is 0 Å². The molecule has 1 aromatic carbocycles. The van der Waals surface area contributed by atoms with Crippen LogP contribution < -0.4 is 11.3 Å². The fourth-order valence-electron chi connectivity index (χ4n) is 1.10. The van der Waals surface area contributed by atoms with Crippen LogP contribution in [0.4, 0.5) is 5.69 Å². The van der Waals surface area contributed by atoms with E-state index in [1.54, 1.807) is 11.8 Å². The predicted octanol–water partition coefficient (Wildman–Crippen LogP) is 1.94. The Hall–Kier alpha value is -0.710. The van der Waals surface area contributed by atoms with E-state index in [1.807, 2.05) is 18.2 Å². The molecule has 0 atom stereocenters. The number of amidine groups is 1. The van der Waals surface area contributed by atoms with Gasteiger partial charge in [0, 0.05) is 9.92 Å². The summed E-state index contributed by atoms with van der Waals surface area (Å²) >= 11 is 7.54. The van der Waals surface area contributed by atoms with Crippen LogP contribution in [0.5, 0.6) is 0 Å².